The first kappa shape index (κ1) is 15.5. The van der Waals surface area contributed by atoms with Crippen molar-refractivity contribution in [3.63, 3.8) is 0 Å². The van der Waals surface area contributed by atoms with Gasteiger partial charge in [-0.05, 0) is 34.1 Å². The van der Waals surface area contributed by atoms with Gasteiger partial charge in [0.2, 0.25) is 5.91 Å². The summed E-state index contributed by atoms with van der Waals surface area (Å²) in [5.74, 6) is -0.0664. The number of amides is 1. The molecule has 1 aromatic heterocycles. The van der Waals surface area contributed by atoms with Crippen molar-refractivity contribution in [2.75, 3.05) is 0 Å². The Hall–Kier alpha value is -1.87. The summed E-state index contributed by atoms with van der Waals surface area (Å²) in [6.45, 7) is 7.16. The summed E-state index contributed by atoms with van der Waals surface area (Å²) < 4.78 is 0. The van der Waals surface area contributed by atoms with Crippen LogP contribution in [0.25, 0.3) is 6.08 Å². The maximum Gasteiger partial charge on any atom is 0.244 e. The van der Waals surface area contributed by atoms with Crippen LogP contribution in [0, 0.1) is 0 Å². The Kier molecular flexibility index (Phi) is 4.97. The quantitative estimate of drug-likeness (QED) is 0.834. The smallest absolute Gasteiger partial charge is 0.244 e. The molecular weight excluding hydrogens is 278 g/mol. The Morgan fingerprint density at radius 1 is 1.19 bits per heavy atom. The van der Waals surface area contributed by atoms with Gasteiger partial charge >= 0.3 is 0 Å². The van der Waals surface area contributed by atoms with Gasteiger partial charge in [0, 0.05) is 11.0 Å². The molecule has 0 saturated carbocycles. The molecule has 21 heavy (non-hydrogen) atoms. The first-order chi connectivity index (χ1) is 9.95. The molecule has 110 valence electrons. The predicted octanol–water partition coefficient (Wildman–Crippen LogP) is 4.38. The van der Waals surface area contributed by atoms with Crippen LogP contribution >= 0.6 is 11.3 Å². The predicted molar refractivity (Wildman–Crippen MR) is 90.3 cm³/mol. The van der Waals surface area contributed by atoms with E-state index in [9.17, 15) is 4.79 Å². The molecule has 0 saturated heterocycles. The number of carbonyl (C=O) groups is 1. The van der Waals surface area contributed by atoms with Crippen LogP contribution in [0.3, 0.4) is 0 Å². The molecule has 0 radical (unpaired) electrons. The average Bonchev–Trinajstić information content (AvgIpc) is 2.95. The number of nitrogens with one attached hydrogen (secondary N) is 1. The van der Waals surface area contributed by atoms with E-state index in [2.05, 4.69) is 38.2 Å². The summed E-state index contributed by atoms with van der Waals surface area (Å²) in [5.41, 5.74) is 2.48. The van der Waals surface area contributed by atoms with Crippen LogP contribution in [-0.4, -0.2) is 5.91 Å². The monoisotopic (exact) mass is 299 g/mol. The topological polar surface area (TPSA) is 29.1 Å². The Labute approximate surface area is 130 Å². The molecule has 0 spiro atoms. The van der Waals surface area contributed by atoms with Gasteiger partial charge in [0.25, 0.3) is 0 Å². The van der Waals surface area contributed by atoms with Gasteiger partial charge in [-0.2, -0.15) is 0 Å². The molecule has 0 aliphatic heterocycles. The summed E-state index contributed by atoms with van der Waals surface area (Å²) in [5, 5.41) is 4.88. The summed E-state index contributed by atoms with van der Waals surface area (Å²) >= 11 is 1.64. The standard InChI is InChI=1S/C18H21NOS/c1-18(2,3)15-9-6-14(7-10-15)8-11-17(20)19-13-16-5-4-12-21-16/h4-12H,13H2,1-3H3,(H,19,20)/b11-8+. The lowest BCUT2D eigenvalue weighted by atomic mass is 9.87. The lowest BCUT2D eigenvalue weighted by molar-refractivity contribution is -0.116. The minimum Gasteiger partial charge on any atom is -0.348 e. The molecule has 3 heteroatoms. The van der Waals surface area contributed by atoms with E-state index >= 15 is 0 Å². The van der Waals surface area contributed by atoms with E-state index in [1.165, 1.54) is 5.56 Å². The number of carbonyl (C=O) groups excluding carboxylic acids is 1. The van der Waals surface area contributed by atoms with Gasteiger partial charge in [-0.3, -0.25) is 4.79 Å². The molecule has 0 unspecified atom stereocenters. The van der Waals surface area contributed by atoms with Crippen molar-refractivity contribution in [3.8, 4) is 0 Å². The molecule has 0 aliphatic carbocycles. The lowest BCUT2D eigenvalue weighted by Gasteiger charge is -2.18. The first-order valence-corrected chi connectivity index (χ1v) is 7.92. The van der Waals surface area contributed by atoms with E-state index in [1.54, 1.807) is 17.4 Å². The van der Waals surface area contributed by atoms with E-state index in [1.807, 2.05) is 35.7 Å². The van der Waals surface area contributed by atoms with Crippen molar-refractivity contribution in [2.45, 2.75) is 32.7 Å². The van der Waals surface area contributed by atoms with Crippen molar-refractivity contribution in [3.05, 3.63) is 63.9 Å². The normalized spacial score (nSPS) is 11.8. The summed E-state index contributed by atoms with van der Waals surface area (Å²) in [6, 6.07) is 12.3. The highest BCUT2D eigenvalue weighted by atomic mass is 32.1. The van der Waals surface area contributed by atoms with Gasteiger partial charge in [0.1, 0.15) is 0 Å². The molecule has 0 bridgehead atoms. The van der Waals surface area contributed by atoms with Crippen LogP contribution in [-0.2, 0) is 16.8 Å². The van der Waals surface area contributed by atoms with E-state index in [4.69, 9.17) is 0 Å². The fourth-order valence-corrected chi connectivity index (χ4v) is 2.56. The molecule has 1 heterocycles. The second kappa shape index (κ2) is 6.72. The summed E-state index contributed by atoms with van der Waals surface area (Å²) in [7, 11) is 0. The van der Waals surface area contributed by atoms with Crippen LogP contribution in [0.5, 0.6) is 0 Å². The molecular formula is C18H21NOS. The Morgan fingerprint density at radius 3 is 2.48 bits per heavy atom. The van der Waals surface area contributed by atoms with Crippen molar-refractivity contribution >= 4 is 23.3 Å². The lowest BCUT2D eigenvalue weighted by Crippen LogP contribution is -2.19. The zero-order chi connectivity index (χ0) is 15.3. The number of rotatable bonds is 4. The first-order valence-electron chi connectivity index (χ1n) is 7.04. The zero-order valence-electron chi connectivity index (χ0n) is 12.7. The third-order valence-electron chi connectivity index (χ3n) is 3.22. The maximum atomic E-state index is 11.7. The van der Waals surface area contributed by atoms with Crippen LogP contribution in [0.4, 0.5) is 0 Å². The Balaban J connectivity index is 1.90. The SMILES string of the molecule is CC(C)(C)c1ccc(/C=C/C(=O)NCc2cccs2)cc1. The Bertz CT molecular complexity index is 604. The minimum atomic E-state index is -0.0664. The van der Waals surface area contributed by atoms with Gasteiger partial charge in [0.05, 0.1) is 6.54 Å². The van der Waals surface area contributed by atoms with E-state index < -0.39 is 0 Å². The second-order valence-electron chi connectivity index (χ2n) is 6.00. The van der Waals surface area contributed by atoms with Crippen LogP contribution in [0.15, 0.2) is 47.9 Å². The molecule has 1 aromatic carbocycles. The molecule has 1 N–H and O–H groups in total. The van der Waals surface area contributed by atoms with Gasteiger partial charge in [-0.1, -0.05) is 51.1 Å². The molecule has 0 aliphatic rings. The van der Waals surface area contributed by atoms with E-state index in [-0.39, 0.29) is 11.3 Å². The fourth-order valence-electron chi connectivity index (χ4n) is 1.91. The van der Waals surface area contributed by atoms with Crippen molar-refractivity contribution in [1.82, 2.24) is 5.32 Å². The maximum absolute atomic E-state index is 11.7. The number of hydrogen-bond acceptors (Lipinski definition) is 2. The highest BCUT2D eigenvalue weighted by Crippen LogP contribution is 2.22. The summed E-state index contributed by atoms with van der Waals surface area (Å²) in [4.78, 5) is 12.9. The highest BCUT2D eigenvalue weighted by molar-refractivity contribution is 7.09. The van der Waals surface area contributed by atoms with E-state index in [0.29, 0.717) is 6.54 Å². The molecule has 2 aromatic rings. The average molecular weight is 299 g/mol. The fraction of sp³-hybridized carbons (Fsp3) is 0.278. The van der Waals surface area contributed by atoms with Gasteiger partial charge < -0.3 is 5.32 Å². The summed E-state index contributed by atoms with van der Waals surface area (Å²) in [6.07, 6.45) is 3.43. The molecule has 2 rings (SSSR count). The van der Waals surface area contributed by atoms with Crippen molar-refractivity contribution in [1.29, 1.82) is 0 Å². The molecule has 2 nitrogen and oxygen atoms in total. The van der Waals surface area contributed by atoms with Crippen LogP contribution in [0.2, 0.25) is 0 Å². The molecule has 0 atom stereocenters. The number of hydrogen-bond donors (Lipinski definition) is 1. The zero-order valence-corrected chi connectivity index (χ0v) is 13.5. The van der Waals surface area contributed by atoms with Crippen molar-refractivity contribution < 1.29 is 4.79 Å². The van der Waals surface area contributed by atoms with Gasteiger partial charge in [-0.15, -0.1) is 11.3 Å². The molecule has 1 amide bonds. The van der Waals surface area contributed by atoms with Crippen molar-refractivity contribution in [2.24, 2.45) is 0 Å². The third kappa shape index (κ3) is 4.87. The van der Waals surface area contributed by atoms with Gasteiger partial charge in [0.15, 0.2) is 0 Å². The highest BCUT2D eigenvalue weighted by Gasteiger charge is 2.12. The number of thiophene rings is 1. The van der Waals surface area contributed by atoms with Crippen LogP contribution in [0.1, 0.15) is 36.8 Å². The largest absolute Gasteiger partial charge is 0.348 e. The van der Waals surface area contributed by atoms with E-state index in [0.717, 1.165) is 10.4 Å². The second-order valence-corrected chi connectivity index (χ2v) is 7.03. The molecule has 0 fully saturated rings. The van der Waals surface area contributed by atoms with Gasteiger partial charge in [-0.25, -0.2) is 0 Å². The minimum absolute atomic E-state index is 0.0664. The van der Waals surface area contributed by atoms with Crippen LogP contribution < -0.4 is 5.32 Å². The number of benzene rings is 1. The Morgan fingerprint density at radius 2 is 1.90 bits per heavy atom. The third-order valence-corrected chi connectivity index (χ3v) is 4.10.